The van der Waals surface area contributed by atoms with Gasteiger partial charge in [-0.1, -0.05) is 11.6 Å². The highest BCUT2D eigenvalue weighted by atomic mass is 35.5. The van der Waals surface area contributed by atoms with Crippen molar-refractivity contribution in [1.29, 1.82) is 0 Å². The van der Waals surface area contributed by atoms with E-state index in [1.54, 1.807) is 37.8 Å². The van der Waals surface area contributed by atoms with Crippen molar-refractivity contribution < 1.29 is 31.5 Å². The number of pyridine rings is 1. The number of hydrogen-bond donors (Lipinski definition) is 4. The number of anilines is 2. The second-order valence-corrected chi connectivity index (χ2v) is 17.3. The molecule has 0 unspecified atom stereocenters. The van der Waals surface area contributed by atoms with Crippen molar-refractivity contribution in [2.75, 3.05) is 62.7 Å². The molecule has 54 heavy (non-hydrogen) atoms. The van der Waals surface area contributed by atoms with Crippen LogP contribution in [0.3, 0.4) is 0 Å². The van der Waals surface area contributed by atoms with E-state index in [4.69, 9.17) is 22.1 Å². The van der Waals surface area contributed by atoms with E-state index < -0.39 is 39.6 Å². The van der Waals surface area contributed by atoms with E-state index in [2.05, 4.69) is 25.9 Å². The number of nitrogens with two attached hydrogens (primary N) is 1. The van der Waals surface area contributed by atoms with Gasteiger partial charge in [0.25, 0.3) is 5.92 Å². The van der Waals surface area contributed by atoms with E-state index in [-0.39, 0.29) is 72.5 Å². The lowest BCUT2D eigenvalue weighted by Crippen LogP contribution is -2.49. The maximum absolute atomic E-state index is 16.0. The first-order valence-electron chi connectivity index (χ1n) is 18.4. The minimum atomic E-state index is -3.90. The van der Waals surface area contributed by atoms with E-state index in [0.717, 1.165) is 13.0 Å². The number of sulfonamides is 1. The Morgan fingerprint density at radius 3 is 2.33 bits per heavy atom. The molecule has 0 spiro atoms. The predicted octanol–water partition coefficient (Wildman–Crippen LogP) is 4.04. The molecule has 2 aromatic rings. The number of carbonyl (C=O) groups is 2. The number of rotatable bonds is 12. The molecule has 1 saturated carbocycles. The molecular weight excluding hydrogens is 744 g/mol. The topological polar surface area (TPSA) is 175 Å². The van der Waals surface area contributed by atoms with Crippen LogP contribution in [0.2, 0.25) is 5.15 Å². The highest BCUT2D eigenvalue weighted by molar-refractivity contribution is 7.89. The number of aromatic nitrogens is 1. The number of ether oxygens (including phenoxy) is 1. The molecule has 2 aliphatic heterocycles. The summed E-state index contributed by atoms with van der Waals surface area (Å²) < 4.78 is 65.7. The van der Waals surface area contributed by atoms with E-state index >= 15 is 8.78 Å². The molecule has 1 aromatic heterocycles. The Morgan fingerprint density at radius 2 is 1.70 bits per heavy atom. The van der Waals surface area contributed by atoms with Gasteiger partial charge in [0.2, 0.25) is 15.9 Å². The zero-order valence-corrected chi connectivity index (χ0v) is 32.9. The van der Waals surface area contributed by atoms with Gasteiger partial charge in [-0.2, -0.15) is 4.31 Å². The molecule has 1 atom stereocenters. The Kier molecular flexibility index (Phi) is 13.3. The second-order valence-electron chi connectivity index (χ2n) is 15.0. The number of nitrogens with zero attached hydrogens (tertiary/aromatic N) is 5. The summed E-state index contributed by atoms with van der Waals surface area (Å²) in [6.07, 6.45) is 1.98. The maximum atomic E-state index is 16.0. The van der Waals surface area contributed by atoms with Gasteiger partial charge in [0.15, 0.2) is 5.96 Å². The maximum Gasteiger partial charge on any atom is 0.407 e. The SMILES string of the molecule is CNCCCN=C(N)NC1CCC(C(F)(F)c2cc(Cl)nc(N3CCN(S(=O)(=O)c4ccc(N5C[C@H](NC(=O)OC(C)(C)C)CC5=O)cc4)CC3)c2)CC1. The Hall–Kier alpha value is -3.80. The Balaban J connectivity index is 1.15. The van der Waals surface area contributed by atoms with E-state index in [9.17, 15) is 18.0 Å². The molecule has 18 heteroatoms. The van der Waals surface area contributed by atoms with Gasteiger partial charge in [-0.3, -0.25) is 9.79 Å². The molecule has 14 nitrogen and oxygen atoms in total. The average molecular weight is 796 g/mol. The van der Waals surface area contributed by atoms with Crippen molar-refractivity contribution in [2.45, 2.75) is 87.8 Å². The van der Waals surface area contributed by atoms with Crippen LogP contribution in [0.4, 0.5) is 25.1 Å². The minimum absolute atomic E-state index is 0.0240. The Morgan fingerprint density at radius 1 is 1.04 bits per heavy atom. The fourth-order valence-corrected chi connectivity index (χ4v) is 8.64. The molecule has 0 radical (unpaired) electrons. The van der Waals surface area contributed by atoms with Crippen LogP contribution in [0.15, 0.2) is 46.3 Å². The van der Waals surface area contributed by atoms with E-state index in [1.165, 1.54) is 33.5 Å². The fourth-order valence-electron chi connectivity index (χ4n) is 7.02. The van der Waals surface area contributed by atoms with Gasteiger partial charge in [0, 0.05) is 68.9 Å². The third-order valence-electron chi connectivity index (χ3n) is 9.82. The van der Waals surface area contributed by atoms with Crippen molar-refractivity contribution in [3.05, 3.63) is 47.1 Å². The number of hydrogen-bond acceptors (Lipinski definition) is 9. The van der Waals surface area contributed by atoms with Gasteiger partial charge >= 0.3 is 6.09 Å². The van der Waals surface area contributed by atoms with Gasteiger partial charge in [0.05, 0.1) is 10.9 Å². The summed E-state index contributed by atoms with van der Waals surface area (Å²) >= 11 is 6.29. The number of benzene rings is 1. The van der Waals surface area contributed by atoms with Crippen LogP contribution in [0.25, 0.3) is 0 Å². The number of alkyl halides is 2. The van der Waals surface area contributed by atoms with Crippen molar-refractivity contribution in [1.82, 2.24) is 25.2 Å². The lowest BCUT2D eigenvalue weighted by Gasteiger charge is -2.36. The molecule has 3 aliphatic rings. The molecule has 1 aliphatic carbocycles. The average Bonchev–Trinajstić information content (AvgIpc) is 3.48. The first kappa shape index (κ1) is 41.4. The quantitative estimate of drug-likeness (QED) is 0.106. The molecule has 0 bridgehead atoms. The highest BCUT2D eigenvalue weighted by Gasteiger charge is 2.44. The van der Waals surface area contributed by atoms with E-state index in [1.807, 2.05) is 7.05 Å². The highest BCUT2D eigenvalue weighted by Crippen LogP contribution is 2.45. The number of alkyl carbamates (subject to hydrolysis) is 1. The standard InChI is InChI=1S/C36H52ClF2N9O5S/c1-35(2,3)53-34(50)44-27-22-32(49)48(23-27)28-10-12-29(13-11-28)54(51,52)47-18-16-46(17-19-47)31-21-25(20-30(37)45-31)36(38,39)24-6-8-26(9-7-24)43-33(40)42-15-5-14-41-4/h10-13,20-21,24,26-27,41H,5-9,14-19,22-23H2,1-4H3,(H,44,50)(H3,40,42,43)/t24?,26?,27-/m1/s1. The molecule has 2 saturated heterocycles. The molecule has 3 heterocycles. The summed E-state index contributed by atoms with van der Waals surface area (Å²) in [6, 6.07) is 8.13. The Labute approximate surface area is 321 Å². The van der Waals surface area contributed by atoms with Gasteiger partial charge in [-0.25, -0.2) is 27.0 Å². The van der Waals surface area contributed by atoms with Crippen LogP contribution in [-0.2, 0) is 25.5 Å². The Bertz CT molecular complexity index is 1760. The number of halogens is 3. The molecule has 5 N–H and O–H groups in total. The number of guanidine groups is 1. The summed E-state index contributed by atoms with van der Waals surface area (Å²) in [6.45, 7) is 7.53. The molecule has 298 valence electrons. The van der Waals surface area contributed by atoms with Crippen molar-refractivity contribution in [3.8, 4) is 0 Å². The normalized spacial score (nSPS) is 22.0. The summed E-state index contributed by atoms with van der Waals surface area (Å²) in [5.41, 5.74) is 5.63. The zero-order chi connectivity index (χ0) is 39.3. The molecule has 3 fully saturated rings. The number of amides is 2. The van der Waals surface area contributed by atoms with Crippen LogP contribution in [0, 0.1) is 5.92 Å². The van der Waals surface area contributed by atoms with Crippen molar-refractivity contribution in [3.63, 3.8) is 0 Å². The molecule has 1 aromatic carbocycles. The zero-order valence-electron chi connectivity index (χ0n) is 31.3. The minimum Gasteiger partial charge on any atom is -0.444 e. The lowest BCUT2D eigenvalue weighted by molar-refractivity contribution is -0.117. The fraction of sp³-hybridized carbons (Fsp3) is 0.611. The largest absolute Gasteiger partial charge is 0.444 e. The predicted molar refractivity (Wildman–Crippen MR) is 205 cm³/mol. The third-order valence-corrected chi connectivity index (χ3v) is 11.9. The monoisotopic (exact) mass is 795 g/mol. The van der Waals surface area contributed by atoms with Gasteiger partial charge in [-0.15, -0.1) is 0 Å². The van der Waals surface area contributed by atoms with Crippen LogP contribution < -0.4 is 31.5 Å². The molecular formula is C36H52ClF2N9O5S. The van der Waals surface area contributed by atoms with Gasteiger partial charge < -0.3 is 36.2 Å². The summed E-state index contributed by atoms with van der Waals surface area (Å²) in [5.74, 6) is -3.64. The van der Waals surface area contributed by atoms with Gasteiger partial charge in [-0.05, 0) is 103 Å². The molecule has 2 amide bonds. The lowest BCUT2D eigenvalue weighted by atomic mass is 9.80. The van der Waals surface area contributed by atoms with Crippen molar-refractivity contribution >= 4 is 51.1 Å². The second kappa shape index (κ2) is 17.3. The van der Waals surface area contributed by atoms with Crippen LogP contribution in [-0.4, -0.2) is 106 Å². The summed E-state index contributed by atoms with van der Waals surface area (Å²) in [7, 11) is -2.03. The van der Waals surface area contributed by atoms with Crippen molar-refractivity contribution in [2.24, 2.45) is 16.6 Å². The van der Waals surface area contributed by atoms with Gasteiger partial charge in [0.1, 0.15) is 16.6 Å². The van der Waals surface area contributed by atoms with Crippen LogP contribution in [0.1, 0.15) is 64.9 Å². The first-order chi connectivity index (χ1) is 25.5. The van der Waals surface area contributed by atoms with Crippen LogP contribution in [0.5, 0.6) is 0 Å². The molecule has 5 rings (SSSR count). The van der Waals surface area contributed by atoms with E-state index in [0.29, 0.717) is 43.9 Å². The summed E-state index contributed by atoms with van der Waals surface area (Å²) in [5, 5.41) is 8.88. The number of piperazine rings is 1. The first-order valence-corrected chi connectivity index (χ1v) is 20.2. The van der Waals surface area contributed by atoms with Crippen LogP contribution >= 0.6 is 11.6 Å². The summed E-state index contributed by atoms with van der Waals surface area (Å²) in [4.78, 5) is 36.9. The number of nitrogens with one attached hydrogen (secondary N) is 3. The number of aliphatic imine (C=N–C) groups is 1. The smallest absolute Gasteiger partial charge is 0.407 e. The number of carbonyl (C=O) groups excluding carboxylic acids is 2. The third kappa shape index (κ3) is 10.5.